The summed E-state index contributed by atoms with van der Waals surface area (Å²) >= 11 is 2.38. The van der Waals surface area contributed by atoms with Crippen LogP contribution in [0.3, 0.4) is 0 Å². The molecule has 0 saturated carbocycles. The second-order valence-electron chi connectivity index (χ2n) is 4.95. The van der Waals surface area contributed by atoms with Crippen LogP contribution in [-0.4, -0.2) is 57.7 Å². The summed E-state index contributed by atoms with van der Waals surface area (Å²) in [5.74, 6) is -2.20. The minimum Gasteiger partial charge on any atom is -0.543 e. The molecular weight excluding hydrogens is 393 g/mol. The zero-order chi connectivity index (χ0) is 18.1. The van der Waals surface area contributed by atoms with E-state index < -0.39 is 29.2 Å². The molecule has 2 aliphatic heterocycles. The first-order valence-corrected chi connectivity index (χ1v) is 8.80. The molecule has 0 radical (unpaired) electrons. The summed E-state index contributed by atoms with van der Waals surface area (Å²) in [4.78, 5) is 45.8. The van der Waals surface area contributed by atoms with E-state index in [4.69, 9.17) is 5.73 Å². The van der Waals surface area contributed by atoms with Gasteiger partial charge in [-0.15, -0.1) is 11.8 Å². The summed E-state index contributed by atoms with van der Waals surface area (Å²) in [6.07, 6.45) is 2.78. The largest absolute Gasteiger partial charge is 1.00 e. The first kappa shape index (κ1) is 20.7. The van der Waals surface area contributed by atoms with Gasteiger partial charge in [-0.1, -0.05) is 16.5 Å². The number of thiazole rings is 1. The molecule has 10 nitrogen and oxygen atoms in total. The van der Waals surface area contributed by atoms with E-state index in [0.717, 1.165) is 16.2 Å². The standard InChI is InChI=1S/C13H13N5O5S2.Na/c1-23-17-7(6-4-15-13(14)25-6)9(19)16-8-10(20)18-5(12(21)22)2-3-24-11(8)18;/h2,4,8,11H,3H2,1H3,(H2,14,15)(H,16,19)(H,21,22);/q;+1/p-1/t8-,11-;/m1./s1. The molecule has 3 N–H and O–H groups in total. The Hall–Kier alpha value is -1.60. The van der Waals surface area contributed by atoms with Crippen LogP contribution in [0.5, 0.6) is 0 Å². The maximum atomic E-state index is 12.5. The van der Waals surface area contributed by atoms with Gasteiger partial charge < -0.3 is 25.8 Å². The maximum absolute atomic E-state index is 12.5. The first-order valence-electron chi connectivity index (χ1n) is 6.94. The molecule has 3 rings (SSSR count). The van der Waals surface area contributed by atoms with Crippen LogP contribution in [0.1, 0.15) is 4.88 Å². The van der Waals surface area contributed by atoms with Gasteiger partial charge in [0, 0.05) is 11.9 Å². The number of carboxylic acids is 1. The molecule has 2 amide bonds. The van der Waals surface area contributed by atoms with Gasteiger partial charge in [-0.05, 0) is 6.08 Å². The number of rotatable bonds is 5. The van der Waals surface area contributed by atoms with E-state index in [1.807, 2.05) is 0 Å². The number of nitrogens with one attached hydrogen (secondary N) is 1. The first-order chi connectivity index (χ1) is 11.9. The van der Waals surface area contributed by atoms with E-state index in [2.05, 4.69) is 20.3 Å². The Bertz CT molecular complexity index is 811. The van der Waals surface area contributed by atoms with Crippen LogP contribution in [-0.2, 0) is 19.2 Å². The van der Waals surface area contributed by atoms with Gasteiger partial charge in [0.15, 0.2) is 10.8 Å². The van der Waals surface area contributed by atoms with Crippen molar-refractivity contribution in [2.45, 2.75) is 11.4 Å². The zero-order valence-corrected chi connectivity index (χ0v) is 17.4. The van der Waals surface area contributed by atoms with E-state index >= 15 is 0 Å². The Morgan fingerprint density at radius 3 is 2.85 bits per heavy atom. The predicted molar refractivity (Wildman–Crippen MR) is 88.2 cm³/mol. The van der Waals surface area contributed by atoms with E-state index in [1.165, 1.54) is 31.1 Å². The Labute approximate surface area is 178 Å². The molecule has 2 atom stereocenters. The number of aliphatic carboxylic acids is 1. The molecule has 0 aliphatic carbocycles. The number of hydrogen-bond donors (Lipinski definition) is 2. The number of aromatic nitrogens is 1. The summed E-state index contributed by atoms with van der Waals surface area (Å²) in [6, 6.07) is -0.868. The quantitative estimate of drug-likeness (QED) is 0.214. The number of hydrogen-bond acceptors (Lipinski definition) is 10. The monoisotopic (exact) mass is 405 g/mol. The molecule has 1 aromatic rings. The number of nitrogens with two attached hydrogens (primary N) is 1. The van der Waals surface area contributed by atoms with Gasteiger partial charge in [0.2, 0.25) is 0 Å². The topological polar surface area (TPSA) is 150 Å². The fourth-order valence-electron chi connectivity index (χ4n) is 2.43. The van der Waals surface area contributed by atoms with Gasteiger partial charge in [-0.25, -0.2) is 4.98 Å². The predicted octanol–water partition coefficient (Wildman–Crippen LogP) is -4.89. The Morgan fingerprint density at radius 1 is 1.54 bits per heavy atom. The number of β-lactam (4-membered cyclic amide) rings is 1. The van der Waals surface area contributed by atoms with E-state index in [1.54, 1.807) is 0 Å². The van der Waals surface area contributed by atoms with E-state index in [9.17, 15) is 19.5 Å². The number of anilines is 1. The van der Waals surface area contributed by atoms with Crippen LogP contribution in [0.15, 0.2) is 23.1 Å². The summed E-state index contributed by atoms with van der Waals surface area (Å²) in [6.45, 7) is 0. The molecule has 1 fully saturated rings. The van der Waals surface area contributed by atoms with Gasteiger partial charge in [0.25, 0.3) is 11.8 Å². The van der Waals surface area contributed by atoms with Crippen molar-refractivity contribution < 1.29 is 53.9 Å². The molecule has 0 spiro atoms. The molecule has 13 heteroatoms. The van der Waals surface area contributed by atoms with Gasteiger partial charge in [-0.2, -0.15) is 0 Å². The number of thioether (sulfide) groups is 1. The Kier molecular flexibility index (Phi) is 6.69. The molecule has 0 unspecified atom stereocenters. The van der Waals surface area contributed by atoms with Crippen LogP contribution in [0.4, 0.5) is 5.13 Å². The van der Waals surface area contributed by atoms with Crippen LogP contribution < -0.4 is 45.7 Å². The average Bonchev–Trinajstić information content (AvgIpc) is 3.02. The van der Waals surface area contributed by atoms with Gasteiger partial charge in [0.05, 0.1) is 16.5 Å². The minimum absolute atomic E-state index is 0. The van der Waals surface area contributed by atoms with Crippen LogP contribution in [0, 0.1) is 0 Å². The van der Waals surface area contributed by atoms with Crippen molar-refractivity contribution in [1.82, 2.24) is 15.2 Å². The SMILES string of the molecule is CON=C(C(=O)N[C@@H]1C(=O)N2C(C(=O)[O-])=CCS[C@H]12)c1cnc(N)s1.[Na+]. The molecule has 1 saturated heterocycles. The van der Waals surface area contributed by atoms with Crippen molar-refractivity contribution in [3.63, 3.8) is 0 Å². The summed E-state index contributed by atoms with van der Waals surface area (Å²) in [7, 11) is 1.28. The fraction of sp³-hybridized carbons (Fsp3) is 0.308. The zero-order valence-electron chi connectivity index (χ0n) is 13.8. The number of carbonyl (C=O) groups excluding carboxylic acids is 3. The van der Waals surface area contributed by atoms with Crippen molar-refractivity contribution >= 4 is 51.7 Å². The second-order valence-corrected chi connectivity index (χ2v) is 7.16. The summed E-state index contributed by atoms with van der Waals surface area (Å²) in [5.41, 5.74) is 5.30. The third kappa shape index (κ3) is 3.74. The molecule has 3 heterocycles. The number of amides is 2. The smallest absolute Gasteiger partial charge is 0.543 e. The third-order valence-electron chi connectivity index (χ3n) is 3.50. The summed E-state index contributed by atoms with van der Waals surface area (Å²) < 4.78 is 0. The normalized spacial score (nSPS) is 21.7. The molecule has 0 bridgehead atoms. The minimum atomic E-state index is -1.43. The number of carbonyl (C=O) groups is 3. The van der Waals surface area contributed by atoms with Crippen molar-refractivity contribution in [2.75, 3.05) is 18.6 Å². The molecule has 132 valence electrons. The third-order valence-corrected chi connectivity index (χ3v) is 5.51. The molecule has 0 aromatic carbocycles. The van der Waals surface area contributed by atoms with Crippen LogP contribution in [0.2, 0.25) is 0 Å². The van der Waals surface area contributed by atoms with Gasteiger partial charge >= 0.3 is 29.6 Å². The van der Waals surface area contributed by atoms with Crippen molar-refractivity contribution in [1.29, 1.82) is 0 Å². The second kappa shape index (κ2) is 8.39. The summed E-state index contributed by atoms with van der Waals surface area (Å²) in [5, 5.41) is 17.0. The van der Waals surface area contributed by atoms with Gasteiger partial charge in [-0.3, -0.25) is 14.5 Å². The fourth-order valence-corrected chi connectivity index (χ4v) is 4.28. The molecule has 26 heavy (non-hydrogen) atoms. The van der Waals surface area contributed by atoms with Crippen LogP contribution in [0.25, 0.3) is 0 Å². The molecule has 1 aromatic heterocycles. The number of nitrogen functional groups attached to an aromatic ring is 1. The van der Waals surface area contributed by atoms with Crippen molar-refractivity contribution in [3.05, 3.63) is 22.8 Å². The van der Waals surface area contributed by atoms with Crippen LogP contribution >= 0.6 is 23.1 Å². The number of oxime groups is 1. The van der Waals surface area contributed by atoms with E-state index in [-0.39, 0.29) is 46.1 Å². The molecular formula is C13H12N5NaO5S2. The van der Waals surface area contributed by atoms with Crippen molar-refractivity contribution in [3.8, 4) is 0 Å². The Morgan fingerprint density at radius 2 is 2.27 bits per heavy atom. The Balaban J connectivity index is 0.00000243. The number of nitrogens with zero attached hydrogens (tertiary/aromatic N) is 3. The maximum Gasteiger partial charge on any atom is 1.00 e. The van der Waals surface area contributed by atoms with Gasteiger partial charge in [0.1, 0.15) is 18.5 Å². The number of carboxylic acid groups (broad SMARTS) is 1. The molecule has 2 aliphatic rings. The van der Waals surface area contributed by atoms with E-state index in [0.29, 0.717) is 10.6 Å². The van der Waals surface area contributed by atoms with Crippen molar-refractivity contribution in [2.24, 2.45) is 5.16 Å². The number of fused-ring (bicyclic) bond motifs is 1. The average molecular weight is 405 g/mol.